The van der Waals surface area contributed by atoms with E-state index in [-0.39, 0.29) is 60.4 Å². The summed E-state index contributed by atoms with van der Waals surface area (Å²) in [6.45, 7) is 10.1. The van der Waals surface area contributed by atoms with Crippen LogP contribution in [0.25, 0.3) is 0 Å². The second kappa shape index (κ2) is 15.2. The third kappa shape index (κ3) is 7.03. The Labute approximate surface area is 324 Å². The number of ether oxygens (including phenoxy) is 7. The molecular formula is C41H66O14. The summed E-state index contributed by atoms with van der Waals surface area (Å²) in [5.41, 5.74) is -1.67. The van der Waals surface area contributed by atoms with E-state index in [1.165, 1.54) is 0 Å². The first-order valence-electron chi connectivity index (χ1n) is 21.2. The van der Waals surface area contributed by atoms with Crippen LogP contribution in [0.5, 0.6) is 0 Å². The number of fused-ring (bicyclic) bond motifs is 5. The molecule has 2 unspecified atom stereocenters. The van der Waals surface area contributed by atoms with Gasteiger partial charge in [-0.15, -0.1) is 0 Å². The molecule has 6 N–H and O–H groups in total. The number of carbonyl (C=O) groups excluding carboxylic acids is 1. The van der Waals surface area contributed by atoms with Crippen molar-refractivity contribution in [2.75, 3.05) is 6.61 Å². The van der Waals surface area contributed by atoms with E-state index in [0.717, 1.165) is 38.5 Å². The van der Waals surface area contributed by atoms with Gasteiger partial charge in [0, 0.05) is 30.6 Å². The van der Waals surface area contributed by atoms with Gasteiger partial charge in [0.2, 0.25) is 0 Å². The van der Waals surface area contributed by atoms with Gasteiger partial charge in [-0.2, -0.15) is 0 Å². The highest BCUT2D eigenvalue weighted by molar-refractivity contribution is 5.71. The van der Waals surface area contributed by atoms with Crippen LogP contribution in [0.1, 0.15) is 112 Å². The van der Waals surface area contributed by atoms with E-state index >= 15 is 0 Å². The highest BCUT2D eigenvalue weighted by Crippen LogP contribution is 2.70. The molecule has 4 aliphatic heterocycles. The number of carbonyl (C=O) groups is 1. The Morgan fingerprint density at radius 1 is 0.655 bits per heavy atom. The molecule has 8 rings (SSSR count). The summed E-state index contributed by atoms with van der Waals surface area (Å²) in [6, 6.07) is 0. The molecule has 14 nitrogen and oxygen atoms in total. The van der Waals surface area contributed by atoms with Gasteiger partial charge < -0.3 is 63.8 Å². The van der Waals surface area contributed by atoms with Crippen LogP contribution in [0.3, 0.4) is 0 Å². The Balaban J connectivity index is 0.834. The van der Waals surface area contributed by atoms with Crippen molar-refractivity contribution in [1.82, 2.24) is 0 Å². The fraction of sp³-hybridized carbons (Fsp3) is 0.976. The second-order valence-electron chi connectivity index (χ2n) is 19.2. The molecule has 0 aromatic heterocycles. The lowest BCUT2D eigenvalue weighted by molar-refractivity contribution is -0.336. The highest BCUT2D eigenvalue weighted by Gasteiger charge is 2.71. The van der Waals surface area contributed by atoms with E-state index in [1.54, 1.807) is 13.8 Å². The molecule has 0 spiro atoms. The summed E-state index contributed by atoms with van der Waals surface area (Å²) in [4.78, 5) is 12.0. The maximum absolute atomic E-state index is 12.6. The lowest BCUT2D eigenvalue weighted by atomic mass is 9.42. The van der Waals surface area contributed by atoms with Gasteiger partial charge in [0.1, 0.15) is 18.3 Å². The van der Waals surface area contributed by atoms with E-state index in [2.05, 4.69) is 13.8 Å². The number of aliphatic hydroxyl groups is 6. The van der Waals surface area contributed by atoms with Crippen LogP contribution in [0.2, 0.25) is 0 Å². The smallest absolute Gasteiger partial charge is 0.306 e. The van der Waals surface area contributed by atoms with Gasteiger partial charge in [0.05, 0.1) is 67.5 Å². The number of hydrogen-bond acceptors (Lipinski definition) is 14. The molecule has 0 aromatic rings. The Bertz CT molecular complexity index is 1350. The van der Waals surface area contributed by atoms with Gasteiger partial charge in [-0.3, -0.25) is 4.79 Å². The van der Waals surface area contributed by atoms with Crippen molar-refractivity contribution in [2.45, 2.75) is 203 Å². The maximum Gasteiger partial charge on any atom is 0.306 e. The molecule has 4 saturated heterocycles. The molecule has 4 aliphatic carbocycles. The fourth-order valence-electron chi connectivity index (χ4n) is 13.2. The maximum atomic E-state index is 12.6. The van der Waals surface area contributed by atoms with E-state index in [0.29, 0.717) is 31.8 Å². The first-order valence-corrected chi connectivity index (χ1v) is 21.2. The molecule has 4 heterocycles. The minimum absolute atomic E-state index is 0.0377. The predicted octanol–water partition coefficient (Wildman–Crippen LogP) is 2.30. The second-order valence-corrected chi connectivity index (χ2v) is 19.2. The lowest BCUT2D eigenvalue weighted by Crippen LogP contribution is -2.67. The molecule has 4 saturated carbocycles. The van der Waals surface area contributed by atoms with Crippen LogP contribution in [-0.2, 0) is 38.0 Å². The van der Waals surface area contributed by atoms with Crippen molar-refractivity contribution < 1.29 is 68.6 Å². The van der Waals surface area contributed by atoms with Crippen LogP contribution < -0.4 is 0 Å². The number of esters is 1. The van der Waals surface area contributed by atoms with Crippen LogP contribution in [0, 0.1) is 40.4 Å². The Kier molecular flexibility index (Phi) is 11.3. The zero-order chi connectivity index (χ0) is 39.2. The molecule has 0 bridgehead atoms. The van der Waals surface area contributed by atoms with Gasteiger partial charge >= 0.3 is 5.97 Å². The summed E-state index contributed by atoms with van der Waals surface area (Å²) < 4.78 is 42.2. The Morgan fingerprint density at radius 3 is 1.84 bits per heavy atom. The minimum Gasteiger partial charge on any atom is -0.465 e. The van der Waals surface area contributed by atoms with E-state index in [9.17, 15) is 35.4 Å². The number of aliphatic hydroxyl groups excluding tert-OH is 5. The zero-order valence-electron chi connectivity index (χ0n) is 33.1. The Hall–Kier alpha value is -1.01. The van der Waals surface area contributed by atoms with Crippen molar-refractivity contribution in [3.05, 3.63) is 0 Å². The van der Waals surface area contributed by atoms with Crippen molar-refractivity contribution in [2.24, 2.45) is 40.4 Å². The summed E-state index contributed by atoms with van der Waals surface area (Å²) >= 11 is 0. The minimum atomic E-state index is -1.00. The summed E-state index contributed by atoms with van der Waals surface area (Å²) in [7, 11) is 0. The predicted molar refractivity (Wildman–Crippen MR) is 193 cm³/mol. The first-order chi connectivity index (χ1) is 26.0. The van der Waals surface area contributed by atoms with Crippen molar-refractivity contribution in [1.29, 1.82) is 0 Å². The highest BCUT2D eigenvalue weighted by atomic mass is 16.7. The van der Waals surface area contributed by atoms with Crippen LogP contribution in [0.15, 0.2) is 0 Å². The van der Waals surface area contributed by atoms with Gasteiger partial charge in [-0.1, -0.05) is 13.8 Å². The average molecular weight is 783 g/mol. The molecule has 314 valence electrons. The number of rotatable bonds is 7. The first kappa shape index (κ1) is 40.8. The normalized spacial score (nSPS) is 57.0. The molecule has 0 radical (unpaired) electrons. The average Bonchev–Trinajstić information content (AvgIpc) is 3.67. The fourth-order valence-corrected chi connectivity index (χ4v) is 13.2. The van der Waals surface area contributed by atoms with E-state index < -0.39 is 90.9 Å². The van der Waals surface area contributed by atoms with Crippen molar-refractivity contribution in [3.8, 4) is 0 Å². The van der Waals surface area contributed by atoms with Gasteiger partial charge in [0.15, 0.2) is 18.9 Å². The molecule has 8 aliphatic rings. The van der Waals surface area contributed by atoms with Crippen LogP contribution >= 0.6 is 0 Å². The topological polar surface area (TPSA) is 203 Å². The molecule has 22 atom stereocenters. The van der Waals surface area contributed by atoms with Crippen molar-refractivity contribution >= 4 is 5.97 Å². The van der Waals surface area contributed by atoms with E-state index in [4.69, 9.17) is 33.2 Å². The Morgan fingerprint density at radius 2 is 1.25 bits per heavy atom. The summed E-state index contributed by atoms with van der Waals surface area (Å²) in [6.07, 6.45) is -2.42. The standard InChI is InChI=1S/C41H66O14/c1-19-36(47)28(42)15-34(50-19)54-38-21(3)52-35(17-30(38)44)55-37-20(2)51-33(16-29(37)43)53-24-8-10-39(4)23(13-24)6-7-26-27(39)14-31(45)40(5)25(9-11-41(26,40)48)22-12-32(46)49-18-22/h19-31,33-38,42-45,47-48H,6-18H2,1-5H3/t19-,20?,21-,22?,23-,24+,25-,26-,27+,28+,29+,30+,31-,33+,34+,35+,36-,37-,38-,39+,40+,41+/m1/s1. The van der Waals surface area contributed by atoms with Crippen molar-refractivity contribution in [3.63, 3.8) is 0 Å². The quantitative estimate of drug-likeness (QED) is 0.162. The molecular weight excluding hydrogens is 716 g/mol. The van der Waals surface area contributed by atoms with Crippen LogP contribution in [0.4, 0.5) is 0 Å². The third-order valence-corrected chi connectivity index (χ3v) is 16.3. The summed E-state index contributed by atoms with van der Waals surface area (Å²) in [5.74, 6) is 0.612. The molecule has 0 aromatic carbocycles. The largest absolute Gasteiger partial charge is 0.465 e. The van der Waals surface area contributed by atoms with Crippen LogP contribution in [-0.4, -0.2) is 135 Å². The molecule has 8 fully saturated rings. The molecule has 55 heavy (non-hydrogen) atoms. The SMILES string of the molecule is CC1O[C@@H](O[C@H]2CC[C@@]3(C)[C@H](CC[C@@H]4[C@@H]3C[C@@H](O)[C@]3(C)[C@@H](C5COC(=O)C5)CC[C@]43O)C2)C[C@H](O)[C@@H]1O[C@H]1C[C@H](O)[C@H](O[C@H]2C[C@H](O)[C@H](O)[C@@H](C)O2)[C@@H](C)O1. The molecule has 0 amide bonds. The third-order valence-electron chi connectivity index (χ3n) is 16.3. The van der Waals surface area contributed by atoms with Gasteiger partial charge in [0.25, 0.3) is 0 Å². The summed E-state index contributed by atoms with van der Waals surface area (Å²) in [5, 5.41) is 66.9. The van der Waals surface area contributed by atoms with E-state index in [1.807, 2.05) is 6.92 Å². The monoisotopic (exact) mass is 782 g/mol. The molecule has 14 heteroatoms. The number of cyclic esters (lactones) is 1. The number of hydrogen-bond donors (Lipinski definition) is 6. The lowest BCUT2D eigenvalue weighted by Gasteiger charge is -2.65. The van der Waals surface area contributed by atoms with Gasteiger partial charge in [-0.25, -0.2) is 0 Å². The van der Waals surface area contributed by atoms with Gasteiger partial charge in [-0.05, 0) is 101 Å². The zero-order valence-corrected chi connectivity index (χ0v) is 33.1.